The third-order valence-corrected chi connectivity index (χ3v) is 5.69. The monoisotopic (exact) mass is 303 g/mol. The molecule has 0 atom stereocenters. The molecule has 3 nitrogen and oxygen atoms in total. The number of hydrogen-bond acceptors (Lipinski definition) is 2. The predicted molar refractivity (Wildman–Crippen MR) is 80.1 cm³/mol. The summed E-state index contributed by atoms with van der Waals surface area (Å²) in [5, 5.41) is 0. The highest BCUT2D eigenvalue weighted by atomic mass is 35.5. The van der Waals surface area contributed by atoms with E-state index in [-0.39, 0.29) is 5.41 Å². The van der Waals surface area contributed by atoms with Crippen molar-refractivity contribution in [3.8, 4) is 0 Å². The van der Waals surface area contributed by atoms with Crippen LogP contribution in [0.1, 0.15) is 32.3 Å². The Morgan fingerprint density at radius 2 is 1.89 bits per heavy atom. The smallest absolute Gasteiger partial charge is 0.211 e. The molecule has 0 aromatic heterocycles. The van der Waals surface area contributed by atoms with Gasteiger partial charge in [-0.15, -0.1) is 11.6 Å². The van der Waals surface area contributed by atoms with Gasteiger partial charge in [-0.2, -0.15) is 0 Å². The Hall–Kier alpha value is -0.580. The maximum Gasteiger partial charge on any atom is 0.240 e. The molecule has 0 aliphatic heterocycles. The summed E-state index contributed by atoms with van der Waals surface area (Å²) in [5.74, 6) is 0.455. The molecule has 0 bridgehead atoms. The van der Waals surface area contributed by atoms with Crippen LogP contribution in [-0.4, -0.2) is 20.8 Å². The number of halogens is 1. The van der Waals surface area contributed by atoms with E-state index < -0.39 is 10.0 Å². The third-order valence-electron chi connectivity index (χ3n) is 3.72. The van der Waals surface area contributed by atoms with Gasteiger partial charge in [-0.05, 0) is 42.9 Å². The quantitative estimate of drug-likeness (QED) is 0.785. The van der Waals surface area contributed by atoms with Crippen LogP contribution in [-0.2, 0) is 10.0 Å². The predicted octanol–water partition coefficient (Wildman–Crippen LogP) is 3.32. The van der Waals surface area contributed by atoms with Gasteiger partial charge in [-0.25, -0.2) is 13.1 Å². The Kier molecular flexibility index (Phi) is 5.83. The van der Waals surface area contributed by atoms with Crippen LogP contribution >= 0.6 is 11.6 Å². The van der Waals surface area contributed by atoms with E-state index in [1.54, 1.807) is 18.2 Å². The van der Waals surface area contributed by atoms with Crippen LogP contribution in [0, 0.1) is 12.3 Å². The second-order valence-corrected chi connectivity index (χ2v) is 7.02. The SMILES string of the molecule is CCC(CC)(CCl)CNS(=O)(=O)c1cccc(C)c1. The van der Waals surface area contributed by atoms with Crippen molar-refractivity contribution in [2.45, 2.75) is 38.5 Å². The van der Waals surface area contributed by atoms with Gasteiger partial charge in [0, 0.05) is 12.4 Å². The van der Waals surface area contributed by atoms with Crippen LogP contribution in [0.2, 0.25) is 0 Å². The van der Waals surface area contributed by atoms with Crippen LogP contribution in [0.5, 0.6) is 0 Å². The Balaban J connectivity index is 2.87. The summed E-state index contributed by atoms with van der Waals surface area (Å²) >= 11 is 5.99. The van der Waals surface area contributed by atoms with Gasteiger partial charge >= 0.3 is 0 Å². The number of nitrogens with one attached hydrogen (secondary N) is 1. The molecule has 0 fully saturated rings. The fourth-order valence-corrected chi connectivity index (χ4v) is 3.58. The van der Waals surface area contributed by atoms with Crippen LogP contribution in [0.4, 0.5) is 0 Å². The molecule has 1 aromatic carbocycles. The number of sulfonamides is 1. The minimum Gasteiger partial charge on any atom is -0.211 e. The number of alkyl halides is 1. The zero-order valence-corrected chi connectivity index (χ0v) is 13.3. The molecule has 0 aliphatic carbocycles. The van der Waals surface area contributed by atoms with Gasteiger partial charge in [0.1, 0.15) is 0 Å². The van der Waals surface area contributed by atoms with Gasteiger partial charge < -0.3 is 0 Å². The van der Waals surface area contributed by atoms with Gasteiger partial charge in [0.2, 0.25) is 10.0 Å². The normalized spacial score (nSPS) is 12.6. The summed E-state index contributed by atoms with van der Waals surface area (Å²) in [6.45, 7) is 6.32. The van der Waals surface area contributed by atoms with Crippen molar-refractivity contribution < 1.29 is 8.42 Å². The van der Waals surface area contributed by atoms with Crippen LogP contribution < -0.4 is 4.72 Å². The summed E-state index contributed by atoms with van der Waals surface area (Å²) < 4.78 is 27.1. The molecule has 0 unspecified atom stereocenters. The maximum atomic E-state index is 12.2. The van der Waals surface area contributed by atoms with Crippen LogP contribution in [0.15, 0.2) is 29.2 Å². The lowest BCUT2D eigenvalue weighted by Crippen LogP contribution is -2.38. The summed E-state index contributed by atoms with van der Waals surface area (Å²) in [7, 11) is -3.45. The number of hydrogen-bond donors (Lipinski definition) is 1. The van der Waals surface area contributed by atoms with Crippen molar-refractivity contribution >= 4 is 21.6 Å². The van der Waals surface area contributed by atoms with Crippen molar-refractivity contribution in [3.05, 3.63) is 29.8 Å². The van der Waals surface area contributed by atoms with Gasteiger partial charge in [0.25, 0.3) is 0 Å². The first-order valence-corrected chi connectivity index (χ1v) is 8.53. The van der Waals surface area contributed by atoms with Crippen LogP contribution in [0.3, 0.4) is 0 Å². The average Bonchev–Trinajstić information content (AvgIpc) is 2.41. The summed E-state index contributed by atoms with van der Waals surface area (Å²) in [4.78, 5) is 0.308. The Morgan fingerprint density at radius 1 is 1.26 bits per heavy atom. The molecule has 0 saturated carbocycles. The second kappa shape index (κ2) is 6.73. The van der Waals surface area contributed by atoms with Gasteiger partial charge in [-0.3, -0.25) is 0 Å². The van der Waals surface area contributed by atoms with E-state index in [2.05, 4.69) is 4.72 Å². The number of aryl methyl sites for hydroxylation is 1. The largest absolute Gasteiger partial charge is 0.240 e. The summed E-state index contributed by atoms with van der Waals surface area (Å²) in [5.41, 5.74) is 0.760. The van der Waals surface area contributed by atoms with Gasteiger partial charge in [0.15, 0.2) is 0 Å². The molecular weight excluding hydrogens is 282 g/mol. The van der Waals surface area contributed by atoms with Crippen molar-refractivity contribution in [3.63, 3.8) is 0 Å². The first-order valence-electron chi connectivity index (χ1n) is 6.51. The highest BCUT2D eigenvalue weighted by Crippen LogP contribution is 2.27. The molecule has 0 amide bonds. The van der Waals surface area contributed by atoms with E-state index in [1.807, 2.05) is 26.8 Å². The fourth-order valence-electron chi connectivity index (χ4n) is 1.85. The molecule has 1 rings (SSSR count). The molecule has 0 radical (unpaired) electrons. The van der Waals surface area contributed by atoms with E-state index in [9.17, 15) is 8.42 Å². The Labute approximate surface area is 121 Å². The Bertz CT molecular complexity index is 502. The van der Waals surface area contributed by atoms with E-state index >= 15 is 0 Å². The zero-order chi connectivity index (χ0) is 14.5. The lowest BCUT2D eigenvalue weighted by molar-refractivity contribution is 0.304. The number of benzene rings is 1. The van der Waals surface area contributed by atoms with E-state index in [1.165, 1.54) is 0 Å². The molecule has 5 heteroatoms. The topological polar surface area (TPSA) is 46.2 Å². The molecule has 19 heavy (non-hydrogen) atoms. The molecule has 108 valence electrons. The van der Waals surface area contributed by atoms with Crippen molar-refractivity contribution in [2.24, 2.45) is 5.41 Å². The van der Waals surface area contributed by atoms with Crippen molar-refractivity contribution in [1.29, 1.82) is 0 Å². The fraction of sp³-hybridized carbons (Fsp3) is 0.571. The lowest BCUT2D eigenvalue weighted by atomic mass is 9.85. The Morgan fingerprint density at radius 3 is 2.37 bits per heavy atom. The first-order chi connectivity index (χ1) is 8.89. The van der Waals surface area contributed by atoms with Crippen LogP contribution in [0.25, 0.3) is 0 Å². The highest BCUT2D eigenvalue weighted by Gasteiger charge is 2.27. The molecule has 0 heterocycles. The standard InChI is InChI=1S/C14H22ClNO2S/c1-4-14(5-2,10-15)11-16-19(17,18)13-8-6-7-12(3)9-13/h6-9,16H,4-5,10-11H2,1-3H3. The van der Waals surface area contributed by atoms with Crippen molar-refractivity contribution in [1.82, 2.24) is 4.72 Å². The summed E-state index contributed by atoms with van der Waals surface area (Å²) in [6.07, 6.45) is 1.70. The average molecular weight is 304 g/mol. The molecular formula is C14H22ClNO2S. The number of rotatable bonds is 7. The third kappa shape index (κ3) is 4.20. The first kappa shape index (κ1) is 16.5. The van der Waals surface area contributed by atoms with E-state index in [4.69, 9.17) is 11.6 Å². The molecule has 0 spiro atoms. The minimum atomic E-state index is -3.45. The van der Waals surface area contributed by atoms with E-state index in [0.717, 1.165) is 18.4 Å². The van der Waals surface area contributed by atoms with Crippen molar-refractivity contribution in [2.75, 3.05) is 12.4 Å². The lowest BCUT2D eigenvalue weighted by Gasteiger charge is -2.29. The maximum absolute atomic E-state index is 12.2. The molecule has 0 saturated heterocycles. The molecule has 1 N–H and O–H groups in total. The minimum absolute atomic E-state index is 0.168. The summed E-state index contributed by atoms with van der Waals surface area (Å²) in [6, 6.07) is 6.90. The highest BCUT2D eigenvalue weighted by molar-refractivity contribution is 7.89. The van der Waals surface area contributed by atoms with Gasteiger partial charge in [0.05, 0.1) is 4.90 Å². The molecule has 0 aliphatic rings. The van der Waals surface area contributed by atoms with E-state index in [0.29, 0.717) is 17.3 Å². The second-order valence-electron chi connectivity index (χ2n) is 4.98. The zero-order valence-electron chi connectivity index (χ0n) is 11.7. The van der Waals surface area contributed by atoms with Gasteiger partial charge in [-0.1, -0.05) is 26.0 Å². The molecule has 1 aromatic rings.